The highest BCUT2D eigenvalue weighted by molar-refractivity contribution is 5.89. The van der Waals surface area contributed by atoms with Gasteiger partial charge in [0, 0.05) is 0 Å². The molecule has 36 heavy (non-hydrogen) atoms. The summed E-state index contributed by atoms with van der Waals surface area (Å²) >= 11 is 0. The number of rotatable bonds is 7. The van der Waals surface area contributed by atoms with Crippen molar-refractivity contribution < 1.29 is 74.1 Å². The maximum absolute atomic E-state index is 13.0. The molecule has 16 nitrogen and oxygen atoms in total. The molecule has 3 aliphatic rings. The van der Waals surface area contributed by atoms with Gasteiger partial charge in [0.05, 0.1) is 19.8 Å². The SMILES string of the molecule is CC1(C)OC[C@H](C(=O)CO[C@H]2O[C@H](CO)[C@@H](O)[C@H](O)[C@H]2O)N1C(=O)O[C@H]1O[C@H](CO)[C@@H](O)[C@H](O)[C@H]1O. The second-order valence-electron chi connectivity index (χ2n) is 9.20. The third-order valence-corrected chi connectivity index (χ3v) is 6.36. The van der Waals surface area contributed by atoms with Crippen molar-refractivity contribution in [2.75, 3.05) is 26.4 Å². The minimum Gasteiger partial charge on any atom is -0.416 e. The van der Waals surface area contributed by atoms with Crippen LogP contribution in [0.4, 0.5) is 4.79 Å². The molecule has 3 heterocycles. The monoisotopic (exact) mass is 527 g/mol. The molecular weight excluding hydrogens is 494 g/mol. The molecule has 3 fully saturated rings. The van der Waals surface area contributed by atoms with Gasteiger partial charge in [-0.15, -0.1) is 0 Å². The molecule has 16 heteroatoms. The zero-order valence-corrected chi connectivity index (χ0v) is 19.6. The minimum atomic E-state index is -1.86. The van der Waals surface area contributed by atoms with Crippen LogP contribution < -0.4 is 0 Å². The molecule has 3 saturated heterocycles. The topological polar surface area (TPSA) is 245 Å². The lowest BCUT2D eigenvalue weighted by Crippen LogP contribution is -2.61. The van der Waals surface area contributed by atoms with Gasteiger partial charge in [0.25, 0.3) is 0 Å². The smallest absolute Gasteiger partial charge is 0.415 e. The van der Waals surface area contributed by atoms with Crippen LogP contribution in [0.5, 0.6) is 0 Å². The van der Waals surface area contributed by atoms with Gasteiger partial charge >= 0.3 is 6.09 Å². The Kier molecular flexibility index (Phi) is 9.24. The van der Waals surface area contributed by atoms with E-state index < -0.39 is 105 Å². The number of aliphatic hydroxyl groups excluding tert-OH is 8. The minimum absolute atomic E-state index is 0.284. The van der Waals surface area contributed by atoms with Gasteiger partial charge in [-0.25, -0.2) is 4.79 Å². The van der Waals surface area contributed by atoms with Crippen LogP contribution >= 0.6 is 0 Å². The van der Waals surface area contributed by atoms with Gasteiger partial charge in [0.1, 0.15) is 67.2 Å². The highest BCUT2D eigenvalue weighted by Crippen LogP contribution is 2.31. The predicted octanol–water partition coefficient (Wildman–Crippen LogP) is -5.25. The van der Waals surface area contributed by atoms with Gasteiger partial charge in [0.15, 0.2) is 12.1 Å². The van der Waals surface area contributed by atoms with Gasteiger partial charge < -0.3 is 64.5 Å². The number of carbonyl (C=O) groups is 2. The lowest BCUT2D eigenvalue weighted by molar-refractivity contribution is -0.299. The molecule has 0 unspecified atom stereocenters. The van der Waals surface area contributed by atoms with Crippen molar-refractivity contribution in [1.29, 1.82) is 0 Å². The van der Waals surface area contributed by atoms with Crippen molar-refractivity contribution in [2.24, 2.45) is 0 Å². The molecule has 0 aliphatic carbocycles. The summed E-state index contributed by atoms with van der Waals surface area (Å²) in [6.45, 7) is 0.444. The van der Waals surface area contributed by atoms with Gasteiger partial charge in [0.2, 0.25) is 6.29 Å². The molecule has 0 spiro atoms. The maximum Gasteiger partial charge on any atom is 0.415 e. The van der Waals surface area contributed by atoms with Gasteiger partial charge in [-0.1, -0.05) is 0 Å². The van der Waals surface area contributed by atoms with Crippen molar-refractivity contribution in [2.45, 2.75) is 87.0 Å². The summed E-state index contributed by atoms with van der Waals surface area (Å²) in [7, 11) is 0. The molecule has 0 aromatic rings. The Labute approximate surface area is 205 Å². The largest absolute Gasteiger partial charge is 0.416 e. The van der Waals surface area contributed by atoms with E-state index in [4.69, 9.17) is 23.7 Å². The quantitative estimate of drug-likeness (QED) is 0.154. The number of ketones is 1. The molecule has 0 bridgehead atoms. The number of nitrogens with zero attached hydrogens (tertiary/aromatic N) is 1. The van der Waals surface area contributed by atoms with Crippen LogP contribution in [0.15, 0.2) is 0 Å². The van der Waals surface area contributed by atoms with E-state index in [0.29, 0.717) is 0 Å². The third kappa shape index (κ3) is 5.64. The van der Waals surface area contributed by atoms with E-state index in [2.05, 4.69) is 0 Å². The number of hydrogen-bond donors (Lipinski definition) is 8. The van der Waals surface area contributed by atoms with E-state index in [1.807, 2.05) is 0 Å². The first-order valence-electron chi connectivity index (χ1n) is 11.2. The van der Waals surface area contributed by atoms with Crippen LogP contribution in [0.2, 0.25) is 0 Å². The van der Waals surface area contributed by atoms with Crippen molar-refractivity contribution in [1.82, 2.24) is 4.90 Å². The summed E-state index contributed by atoms with van der Waals surface area (Å²) in [5.41, 5.74) is -1.38. The van der Waals surface area contributed by atoms with E-state index in [-0.39, 0.29) is 6.61 Å². The Balaban J connectivity index is 1.66. The summed E-state index contributed by atoms with van der Waals surface area (Å²) in [5.74, 6) is -0.733. The zero-order chi connectivity index (χ0) is 26.9. The van der Waals surface area contributed by atoms with Crippen LogP contribution in [0.25, 0.3) is 0 Å². The highest BCUT2D eigenvalue weighted by atomic mass is 16.7. The molecule has 208 valence electrons. The standard InChI is InChI=1S/C20H33NO15/c1-20(2)21(19(31)36-18-16(30)14(28)12(26)10(4-23)35-18)7(5-33-20)8(24)6-32-17-15(29)13(27)11(25)9(3-22)34-17/h7,9-18,22-23,25-30H,3-6H2,1-2H3/t7-,9-,10-,11-,12-,13+,14+,15-,16-,17+,18-/m1/s1. The summed E-state index contributed by atoms with van der Waals surface area (Å²) in [5, 5.41) is 78.2. The maximum atomic E-state index is 13.0. The van der Waals surface area contributed by atoms with E-state index in [1.165, 1.54) is 13.8 Å². The van der Waals surface area contributed by atoms with Gasteiger partial charge in [-0.2, -0.15) is 0 Å². The molecular formula is C20H33NO15. The van der Waals surface area contributed by atoms with Crippen LogP contribution in [-0.2, 0) is 28.5 Å². The fourth-order valence-corrected chi connectivity index (χ4v) is 4.17. The molecule has 1 amide bonds. The molecule has 3 rings (SSSR count). The van der Waals surface area contributed by atoms with Crippen LogP contribution in [0.3, 0.4) is 0 Å². The number of aliphatic hydroxyl groups is 8. The Morgan fingerprint density at radius 1 is 0.833 bits per heavy atom. The normalized spacial score (nSPS) is 42.8. The van der Waals surface area contributed by atoms with E-state index in [1.54, 1.807) is 0 Å². The molecule has 0 aromatic carbocycles. The van der Waals surface area contributed by atoms with Crippen LogP contribution in [-0.4, -0.2) is 157 Å². The highest BCUT2D eigenvalue weighted by Gasteiger charge is 2.51. The van der Waals surface area contributed by atoms with E-state index in [9.17, 15) is 50.4 Å². The molecule has 0 aromatic heterocycles. The molecule has 3 aliphatic heterocycles. The lowest BCUT2D eigenvalue weighted by atomic mass is 9.99. The fourth-order valence-electron chi connectivity index (χ4n) is 4.17. The molecule has 8 N–H and O–H groups in total. The Morgan fingerprint density at radius 3 is 1.86 bits per heavy atom. The second kappa shape index (κ2) is 11.5. The van der Waals surface area contributed by atoms with Crippen molar-refractivity contribution >= 4 is 11.9 Å². The van der Waals surface area contributed by atoms with Crippen molar-refractivity contribution in [3.63, 3.8) is 0 Å². The number of hydrogen-bond acceptors (Lipinski definition) is 15. The second-order valence-corrected chi connectivity index (χ2v) is 9.20. The average Bonchev–Trinajstić information content (AvgIpc) is 3.17. The van der Waals surface area contributed by atoms with Crippen LogP contribution in [0, 0.1) is 0 Å². The third-order valence-electron chi connectivity index (χ3n) is 6.36. The van der Waals surface area contributed by atoms with E-state index in [0.717, 1.165) is 4.90 Å². The van der Waals surface area contributed by atoms with Crippen molar-refractivity contribution in [3.8, 4) is 0 Å². The average molecular weight is 527 g/mol. The summed E-state index contributed by atoms with van der Waals surface area (Å²) in [4.78, 5) is 26.8. The lowest BCUT2D eigenvalue weighted by Gasteiger charge is -2.41. The Hall–Kier alpha value is -1.54. The van der Waals surface area contributed by atoms with Crippen molar-refractivity contribution in [3.05, 3.63) is 0 Å². The molecule has 11 atom stereocenters. The Morgan fingerprint density at radius 2 is 1.33 bits per heavy atom. The summed E-state index contributed by atoms with van der Waals surface area (Å²) < 4.78 is 26.2. The summed E-state index contributed by atoms with van der Waals surface area (Å²) in [6.07, 6.45) is -17.5. The first-order chi connectivity index (χ1) is 16.8. The zero-order valence-electron chi connectivity index (χ0n) is 19.6. The number of Topliss-reactive ketones (excluding diaryl/α,β-unsaturated/α-hetero) is 1. The van der Waals surface area contributed by atoms with Crippen LogP contribution in [0.1, 0.15) is 13.8 Å². The first-order valence-corrected chi connectivity index (χ1v) is 11.2. The number of amides is 1. The number of ether oxygens (including phenoxy) is 5. The van der Waals surface area contributed by atoms with Gasteiger partial charge in [-0.3, -0.25) is 9.69 Å². The fraction of sp³-hybridized carbons (Fsp3) is 0.900. The molecule has 0 radical (unpaired) electrons. The predicted molar refractivity (Wildman–Crippen MR) is 111 cm³/mol. The molecule has 0 saturated carbocycles. The van der Waals surface area contributed by atoms with Gasteiger partial charge in [-0.05, 0) is 13.8 Å². The first kappa shape index (κ1) is 29.0. The summed E-state index contributed by atoms with van der Waals surface area (Å²) in [6, 6.07) is -1.28. The number of carbonyl (C=O) groups excluding carboxylic acids is 2. The Bertz CT molecular complexity index is 778. The van der Waals surface area contributed by atoms with E-state index >= 15 is 0 Å².